The highest BCUT2D eigenvalue weighted by Crippen LogP contribution is 2.25. The summed E-state index contributed by atoms with van der Waals surface area (Å²) in [6.07, 6.45) is -0.213. The summed E-state index contributed by atoms with van der Waals surface area (Å²) in [6.45, 7) is 6.35. The Kier molecular flexibility index (Phi) is 3.85. The molecule has 5 nitrogen and oxygen atoms in total. The highest BCUT2D eigenvalue weighted by Gasteiger charge is 2.33. The first-order valence-corrected chi connectivity index (χ1v) is 7.76. The third-order valence-electron chi connectivity index (χ3n) is 3.17. The number of anilines is 1. The Bertz CT molecular complexity index is 561. The van der Waals surface area contributed by atoms with E-state index in [0.717, 1.165) is 5.56 Å². The molecule has 19 heavy (non-hydrogen) atoms. The first-order chi connectivity index (χ1) is 8.80. The fourth-order valence-corrected chi connectivity index (χ4v) is 4.06. The zero-order chi connectivity index (χ0) is 14.2. The van der Waals surface area contributed by atoms with Gasteiger partial charge in [-0.1, -0.05) is 6.07 Å². The first kappa shape index (κ1) is 14.3. The van der Waals surface area contributed by atoms with E-state index in [1.54, 1.807) is 18.2 Å². The molecule has 0 amide bonds. The van der Waals surface area contributed by atoms with Gasteiger partial charge in [0, 0.05) is 13.1 Å². The molecule has 2 rings (SSSR count). The van der Waals surface area contributed by atoms with Gasteiger partial charge in [-0.15, -0.1) is 0 Å². The molecule has 6 heteroatoms. The van der Waals surface area contributed by atoms with Gasteiger partial charge in [0.1, 0.15) is 4.90 Å². The first-order valence-electron chi connectivity index (χ1n) is 6.32. The van der Waals surface area contributed by atoms with Crippen LogP contribution in [-0.2, 0) is 14.8 Å². The molecular weight excluding hydrogens is 264 g/mol. The second kappa shape index (κ2) is 5.11. The minimum atomic E-state index is -3.55. The summed E-state index contributed by atoms with van der Waals surface area (Å²) < 4.78 is 32.2. The fraction of sp³-hybridized carbons (Fsp3) is 0.538. The number of morpholine rings is 1. The average Bonchev–Trinajstić information content (AvgIpc) is 2.26. The van der Waals surface area contributed by atoms with Crippen molar-refractivity contribution in [1.29, 1.82) is 0 Å². The van der Waals surface area contributed by atoms with E-state index >= 15 is 0 Å². The molecule has 106 valence electrons. The van der Waals surface area contributed by atoms with Crippen molar-refractivity contribution in [3.8, 4) is 0 Å². The van der Waals surface area contributed by atoms with Gasteiger partial charge in [-0.25, -0.2) is 8.42 Å². The van der Waals surface area contributed by atoms with Crippen molar-refractivity contribution in [1.82, 2.24) is 4.31 Å². The van der Waals surface area contributed by atoms with E-state index in [0.29, 0.717) is 18.8 Å². The molecule has 1 aromatic carbocycles. The van der Waals surface area contributed by atoms with Gasteiger partial charge in [-0.05, 0) is 38.5 Å². The SMILES string of the molecule is Cc1ccc(S(=O)(=O)N2C[C@@H](C)O[C@@H](C)C2)c(N)c1. The molecule has 0 saturated carbocycles. The van der Waals surface area contributed by atoms with Crippen LogP contribution in [0.25, 0.3) is 0 Å². The fourth-order valence-electron chi connectivity index (χ4n) is 2.37. The molecular formula is C13H20N2O3S. The quantitative estimate of drug-likeness (QED) is 0.833. The third-order valence-corrected chi connectivity index (χ3v) is 5.07. The van der Waals surface area contributed by atoms with Gasteiger partial charge in [0.2, 0.25) is 10.0 Å². The number of nitrogen functional groups attached to an aromatic ring is 1. The Morgan fingerprint density at radius 3 is 2.37 bits per heavy atom. The minimum Gasteiger partial charge on any atom is -0.398 e. The van der Waals surface area contributed by atoms with Crippen molar-refractivity contribution < 1.29 is 13.2 Å². The van der Waals surface area contributed by atoms with Crippen LogP contribution in [0.2, 0.25) is 0 Å². The summed E-state index contributed by atoms with van der Waals surface area (Å²) in [5, 5.41) is 0. The molecule has 0 spiro atoms. The maximum atomic E-state index is 12.6. The van der Waals surface area contributed by atoms with Gasteiger partial charge in [0.05, 0.1) is 17.9 Å². The van der Waals surface area contributed by atoms with E-state index in [-0.39, 0.29) is 17.1 Å². The molecule has 0 unspecified atom stereocenters. The molecule has 0 aliphatic carbocycles. The Labute approximate surface area is 114 Å². The maximum Gasteiger partial charge on any atom is 0.245 e. The van der Waals surface area contributed by atoms with Crippen LogP contribution in [0.15, 0.2) is 23.1 Å². The summed E-state index contributed by atoms with van der Waals surface area (Å²) in [7, 11) is -3.55. The summed E-state index contributed by atoms with van der Waals surface area (Å²) in [5.74, 6) is 0. The Hall–Kier alpha value is -1.11. The number of hydrogen-bond donors (Lipinski definition) is 1. The predicted molar refractivity (Wildman–Crippen MR) is 74.4 cm³/mol. The summed E-state index contributed by atoms with van der Waals surface area (Å²) in [6, 6.07) is 5.02. The number of aryl methyl sites for hydroxylation is 1. The van der Waals surface area contributed by atoms with Crippen LogP contribution in [0.1, 0.15) is 19.4 Å². The molecule has 1 aliphatic rings. The van der Waals surface area contributed by atoms with E-state index in [1.807, 2.05) is 20.8 Å². The Morgan fingerprint density at radius 1 is 1.26 bits per heavy atom. The minimum absolute atomic E-state index is 0.106. The van der Waals surface area contributed by atoms with Gasteiger partial charge >= 0.3 is 0 Å². The normalized spacial score (nSPS) is 25.4. The standard InChI is InChI=1S/C13H20N2O3S/c1-9-4-5-13(12(14)6-9)19(16,17)15-7-10(2)18-11(3)8-15/h4-6,10-11H,7-8,14H2,1-3H3/t10-,11+. The molecule has 1 aliphatic heterocycles. The van der Waals surface area contributed by atoms with Crippen molar-refractivity contribution >= 4 is 15.7 Å². The second-order valence-corrected chi connectivity index (χ2v) is 7.03. The van der Waals surface area contributed by atoms with Crippen LogP contribution >= 0.6 is 0 Å². The molecule has 2 N–H and O–H groups in total. The monoisotopic (exact) mass is 284 g/mol. The van der Waals surface area contributed by atoms with Crippen molar-refractivity contribution in [3.63, 3.8) is 0 Å². The summed E-state index contributed by atoms with van der Waals surface area (Å²) >= 11 is 0. The predicted octanol–water partition coefficient (Wildman–Crippen LogP) is 1.38. The van der Waals surface area contributed by atoms with Crippen molar-refractivity contribution in [2.75, 3.05) is 18.8 Å². The maximum absolute atomic E-state index is 12.6. The number of sulfonamides is 1. The van der Waals surface area contributed by atoms with E-state index in [9.17, 15) is 8.42 Å². The van der Waals surface area contributed by atoms with E-state index in [1.165, 1.54) is 4.31 Å². The molecule has 1 heterocycles. The van der Waals surface area contributed by atoms with E-state index in [4.69, 9.17) is 10.5 Å². The number of hydrogen-bond acceptors (Lipinski definition) is 4. The zero-order valence-electron chi connectivity index (χ0n) is 11.5. The molecule has 0 aromatic heterocycles. The van der Waals surface area contributed by atoms with Gasteiger partial charge < -0.3 is 10.5 Å². The van der Waals surface area contributed by atoms with Gasteiger partial charge in [-0.2, -0.15) is 4.31 Å². The average molecular weight is 284 g/mol. The molecule has 0 bridgehead atoms. The lowest BCUT2D eigenvalue weighted by Gasteiger charge is -2.34. The van der Waals surface area contributed by atoms with E-state index in [2.05, 4.69) is 0 Å². The second-order valence-electron chi connectivity index (χ2n) is 5.12. The summed E-state index contributed by atoms with van der Waals surface area (Å²) in [4.78, 5) is 0.180. The van der Waals surface area contributed by atoms with Crippen LogP contribution in [0.3, 0.4) is 0 Å². The van der Waals surface area contributed by atoms with Crippen LogP contribution in [0, 0.1) is 6.92 Å². The van der Waals surface area contributed by atoms with E-state index < -0.39 is 10.0 Å². The van der Waals surface area contributed by atoms with Crippen molar-refractivity contribution in [2.24, 2.45) is 0 Å². The molecule has 1 saturated heterocycles. The van der Waals surface area contributed by atoms with Crippen molar-refractivity contribution in [3.05, 3.63) is 23.8 Å². The molecule has 2 atom stereocenters. The topological polar surface area (TPSA) is 72.6 Å². The number of rotatable bonds is 2. The highest BCUT2D eigenvalue weighted by atomic mass is 32.2. The number of ether oxygens (including phenoxy) is 1. The number of nitrogens with two attached hydrogens (primary N) is 1. The summed E-state index contributed by atoms with van der Waals surface area (Å²) in [5.41, 5.74) is 7.09. The number of nitrogens with zero attached hydrogens (tertiary/aromatic N) is 1. The molecule has 1 aromatic rings. The highest BCUT2D eigenvalue weighted by molar-refractivity contribution is 7.89. The lowest BCUT2D eigenvalue weighted by Crippen LogP contribution is -2.48. The zero-order valence-corrected chi connectivity index (χ0v) is 12.3. The lowest BCUT2D eigenvalue weighted by atomic mass is 10.2. The van der Waals surface area contributed by atoms with Crippen molar-refractivity contribution in [2.45, 2.75) is 37.9 Å². The Morgan fingerprint density at radius 2 is 1.84 bits per heavy atom. The van der Waals surface area contributed by atoms with Crippen LogP contribution < -0.4 is 5.73 Å². The lowest BCUT2D eigenvalue weighted by molar-refractivity contribution is -0.0440. The molecule has 1 fully saturated rings. The molecule has 0 radical (unpaired) electrons. The number of benzene rings is 1. The van der Waals surface area contributed by atoms with Gasteiger partial charge in [0.25, 0.3) is 0 Å². The van der Waals surface area contributed by atoms with Gasteiger partial charge in [0.15, 0.2) is 0 Å². The third kappa shape index (κ3) is 2.91. The van der Waals surface area contributed by atoms with Crippen LogP contribution in [0.4, 0.5) is 5.69 Å². The van der Waals surface area contributed by atoms with Gasteiger partial charge in [-0.3, -0.25) is 0 Å². The smallest absolute Gasteiger partial charge is 0.245 e. The van der Waals surface area contributed by atoms with Crippen LogP contribution in [0.5, 0.6) is 0 Å². The Balaban J connectivity index is 2.36. The van der Waals surface area contributed by atoms with Crippen LogP contribution in [-0.4, -0.2) is 38.0 Å². The largest absolute Gasteiger partial charge is 0.398 e.